The number of non-ortho nitro benzene ring substituents is 1. The van der Waals surface area contributed by atoms with Gasteiger partial charge in [-0.2, -0.15) is 5.10 Å². The van der Waals surface area contributed by atoms with Crippen molar-refractivity contribution in [1.29, 1.82) is 0 Å². The summed E-state index contributed by atoms with van der Waals surface area (Å²) in [7, 11) is 1.54. The van der Waals surface area contributed by atoms with Crippen LogP contribution in [0, 0.1) is 19.5 Å². The summed E-state index contributed by atoms with van der Waals surface area (Å²) in [6, 6.07) is 15.8. The van der Waals surface area contributed by atoms with E-state index in [1.807, 2.05) is 6.07 Å². The standard InChI is InChI=1S/C21H17FIN3O4/c1-29-20-11-15(12-24-25-17-5-7-18(8-6-17)26(27)28)10-19(23)21(20)30-13-14-3-2-4-16(22)9-14/h2-12,25H,13H2,1H3/b24-12+. The molecule has 0 saturated heterocycles. The Hall–Kier alpha value is -3.21. The summed E-state index contributed by atoms with van der Waals surface area (Å²) in [5.74, 6) is 0.766. The number of halogens is 2. The Bertz CT molecular complexity index is 1070. The highest BCUT2D eigenvalue weighted by molar-refractivity contribution is 14.1. The normalized spacial score (nSPS) is 10.8. The second-order valence-corrected chi connectivity index (χ2v) is 7.29. The van der Waals surface area contributed by atoms with Crippen molar-refractivity contribution in [2.24, 2.45) is 5.10 Å². The summed E-state index contributed by atoms with van der Waals surface area (Å²) >= 11 is 2.13. The Kier molecular flexibility index (Phi) is 7.17. The molecule has 3 rings (SSSR count). The number of anilines is 1. The maximum Gasteiger partial charge on any atom is 0.269 e. The molecule has 154 valence electrons. The fraction of sp³-hybridized carbons (Fsp3) is 0.0952. The van der Waals surface area contributed by atoms with E-state index < -0.39 is 4.92 Å². The summed E-state index contributed by atoms with van der Waals surface area (Å²) in [4.78, 5) is 10.2. The molecule has 0 heterocycles. The van der Waals surface area contributed by atoms with E-state index in [1.54, 1.807) is 36.5 Å². The van der Waals surface area contributed by atoms with E-state index >= 15 is 0 Å². The topological polar surface area (TPSA) is 86.0 Å². The lowest BCUT2D eigenvalue weighted by molar-refractivity contribution is -0.384. The number of hydrazone groups is 1. The molecule has 7 nitrogen and oxygen atoms in total. The molecular weight excluding hydrogens is 504 g/mol. The van der Waals surface area contributed by atoms with Crippen molar-refractivity contribution >= 4 is 40.2 Å². The third-order valence-electron chi connectivity index (χ3n) is 4.01. The predicted octanol–water partition coefficient (Wildman–Crippen LogP) is 5.37. The number of methoxy groups -OCH3 is 1. The summed E-state index contributed by atoms with van der Waals surface area (Å²) in [6.07, 6.45) is 1.60. The molecule has 0 aliphatic heterocycles. The molecule has 0 saturated carbocycles. The van der Waals surface area contributed by atoms with Gasteiger partial charge in [-0.15, -0.1) is 0 Å². The van der Waals surface area contributed by atoms with E-state index in [1.165, 1.54) is 31.4 Å². The summed E-state index contributed by atoms with van der Waals surface area (Å²) in [6.45, 7) is 0.208. The van der Waals surface area contributed by atoms with Gasteiger partial charge in [0.2, 0.25) is 0 Å². The average molecular weight is 521 g/mol. The molecular formula is C21H17FIN3O4. The van der Waals surface area contributed by atoms with Gasteiger partial charge in [0, 0.05) is 12.1 Å². The van der Waals surface area contributed by atoms with Crippen LogP contribution in [0.15, 0.2) is 65.8 Å². The van der Waals surface area contributed by atoms with E-state index in [4.69, 9.17) is 9.47 Å². The molecule has 30 heavy (non-hydrogen) atoms. The molecule has 3 aromatic rings. The van der Waals surface area contributed by atoms with Gasteiger partial charge in [-0.25, -0.2) is 4.39 Å². The van der Waals surface area contributed by atoms with Crippen molar-refractivity contribution < 1.29 is 18.8 Å². The molecule has 0 aliphatic rings. The smallest absolute Gasteiger partial charge is 0.269 e. The van der Waals surface area contributed by atoms with Gasteiger partial charge in [0.1, 0.15) is 12.4 Å². The first kappa shape index (κ1) is 21.5. The van der Waals surface area contributed by atoms with E-state index in [2.05, 4.69) is 33.1 Å². The predicted molar refractivity (Wildman–Crippen MR) is 121 cm³/mol. The Balaban J connectivity index is 1.69. The van der Waals surface area contributed by atoms with E-state index in [9.17, 15) is 14.5 Å². The first-order chi connectivity index (χ1) is 14.5. The van der Waals surface area contributed by atoms with Crippen LogP contribution in [0.2, 0.25) is 0 Å². The minimum absolute atomic E-state index is 0.0117. The summed E-state index contributed by atoms with van der Waals surface area (Å²) < 4.78 is 25.4. The second kappa shape index (κ2) is 10.0. The maximum absolute atomic E-state index is 13.3. The summed E-state index contributed by atoms with van der Waals surface area (Å²) in [5, 5.41) is 14.8. The zero-order valence-electron chi connectivity index (χ0n) is 15.8. The lowest BCUT2D eigenvalue weighted by Crippen LogP contribution is -2.01. The van der Waals surface area contributed by atoms with Crippen LogP contribution in [0.5, 0.6) is 11.5 Å². The second-order valence-electron chi connectivity index (χ2n) is 6.13. The number of nitro groups is 1. The molecule has 0 unspecified atom stereocenters. The number of rotatable bonds is 8. The SMILES string of the molecule is COc1cc(/C=N/Nc2ccc([N+](=O)[O-])cc2)cc(I)c1OCc1cccc(F)c1. The molecule has 0 radical (unpaired) electrons. The molecule has 0 aromatic heterocycles. The Labute approximate surface area is 185 Å². The molecule has 0 aliphatic carbocycles. The van der Waals surface area contributed by atoms with Gasteiger partial charge in [0.05, 0.1) is 27.5 Å². The van der Waals surface area contributed by atoms with E-state index in [0.29, 0.717) is 22.7 Å². The Morgan fingerprint density at radius 2 is 1.97 bits per heavy atom. The highest BCUT2D eigenvalue weighted by Crippen LogP contribution is 2.34. The van der Waals surface area contributed by atoms with Gasteiger partial charge < -0.3 is 9.47 Å². The van der Waals surface area contributed by atoms with Crippen molar-refractivity contribution in [2.45, 2.75) is 6.61 Å². The fourth-order valence-corrected chi connectivity index (χ4v) is 3.36. The molecule has 0 spiro atoms. The largest absolute Gasteiger partial charge is 0.493 e. The average Bonchev–Trinajstić information content (AvgIpc) is 2.73. The number of benzene rings is 3. The Morgan fingerprint density at radius 3 is 2.63 bits per heavy atom. The number of hydrogen-bond donors (Lipinski definition) is 1. The first-order valence-electron chi connectivity index (χ1n) is 8.74. The lowest BCUT2D eigenvalue weighted by Gasteiger charge is -2.13. The number of nitro benzene ring substituents is 1. The highest BCUT2D eigenvalue weighted by atomic mass is 127. The quantitative estimate of drug-likeness (QED) is 0.187. The van der Waals surface area contributed by atoms with E-state index in [-0.39, 0.29) is 18.1 Å². The van der Waals surface area contributed by atoms with Crippen molar-refractivity contribution in [2.75, 3.05) is 12.5 Å². The molecule has 0 fully saturated rings. The van der Waals surface area contributed by atoms with Gasteiger partial charge in [-0.05, 0) is 70.1 Å². The third kappa shape index (κ3) is 5.66. The Morgan fingerprint density at radius 1 is 1.20 bits per heavy atom. The minimum atomic E-state index is -0.459. The van der Waals surface area contributed by atoms with Crippen molar-refractivity contribution in [3.8, 4) is 11.5 Å². The van der Waals surface area contributed by atoms with Crippen LogP contribution in [0.3, 0.4) is 0 Å². The number of hydrogen-bond acceptors (Lipinski definition) is 6. The number of nitrogens with one attached hydrogen (secondary N) is 1. The fourth-order valence-electron chi connectivity index (χ4n) is 2.58. The maximum atomic E-state index is 13.3. The third-order valence-corrected chi connectivity index (χ3v) is 4.81. The molecule has 1 N–H and O–H groups in total. The lowest BCUT2D eigenvalue weighted by atomic mass is 10.2. The molecule has 9 heteroatoms. The van der Waals surface area contributed by atoms with Crippen molar-refractivity contribution in [3.05, 3.63) is 91.3 Å². The van der Waals surface area contributed by atoms with Crippen LogP contribution in [-0.4, -0.2) is 18.2 Å². The zero-order valence-corrected chi connectivity index (χ0v) is 18.0. The van der Waals surface area contributed by atoms with Gasteiger partial charge in [0.25, 0.3) is 5.69 Å². The first-order valence-corrected chi connectivity index (χ1v) is 9.82. The van der Waals surface area contributed by atoms with Crippen LogP contribution in [-0.2, 0) is 6.61 Å². The highest BCUT2D eigenvalue weighted by Gasteiger charge is 2.12. The number of nitrogens with zero attached hydrogens (tertiary/aromatic N) is 2. The van der Waals surface area contributed by atoms with Gasteiger partial charge in [0.15, 0.2) is 11.5 Å². The van der Waals surface area contributed by atoms with Gasteiger partial charge in [-0.3, -0.25) is 15.5 Å². The van der Waals surface area contributed by atoms with Crippen LogP contribution in [0.4, 0.5) is 15.8 Å². The van der Waals surface area contributed by atoms with Crippen LogP contribution < -0.4 is 14.9 Å². The molecule has 3 aromatic carbocycles. The molecule has 0 atom stereocenters. The number of ether oxygens (including phenoxy) is 2. The van der Waals surface area contributed by atoms with Crippen LogP contribution >= 0.6 is 22.6 Å². The van der Waals surface area contributed by atoms with Crippen LogP contribution in [0.1, 0.15) is 11.1 Å². The monoisotopic (exact) mass is 521 g/mol. The molecule has 0 bridgehead atoms. The van der Waals surface area contributed by atoms with Gasteiger partial charge in [-0.1, -0.05) is 12.1 Å². The molecule has 0 amide bonds. The van der Waals surface area contributed by atoms with Crippen LogP contribution in [0.25, 0.3) is 0 Å². The minimum Gasteiger partial charge on any atom is -0.493 e. The zero-order chi connectivity index (χ0) is 21.5. The summed E-state index contributed by atoms with van der Waals surface area (Å²) in [5.41, 5.74) is 4.93. The van der Waals surface area contributed by atoms with Crippen molar-refractivity contribution in [1.82, 2.24) is 0 Å². The van der Waals surface area contributed by atoms with E-state index in [0.717, 1.165) is 9.13 Å². The van der Waals surface area contributed by atoms with Crippen molar-refractivity contribution in [3.63, 3.8) is 0 Å². The van der Waals surface area contributed by atoms with Gasteiger partial charge >= 0.3 is 0 Å².